The van der Waals surface area contributed by atoms with Crippen LogP contribution in [0.5, 0.6) is 0 Å². The summed E-state index contributed by atoms with van der Waals surface area (Å²) in [6.07, 6.45) is 0.528. The molecule has 7 nitrogen and oxygen atoms in total. The Morgan fingerprint density at radius 2 is 1.83 bits per heavy atom. The van der Waals surface area contributed by atoms with Gasteiger partial charge in [0.2, 0.25) is 0 Å². The Bertz CT molecular complexity index is 935. The van der Waals surface area contributed by atoms with Crippen molar-refractivity contribution >= 4 is 15.7 Å². The summed E-state index contributed by atoms with van der Waals surface area (Å²) in [5, 5.41) is 13.7. The van der Waals surface area contributed by atoms with E-state index < -0.39 is 10.0 Å². The SMILES string of the molecule is Cc1ccc(C)c(S(=O)(=O)Nc2ccc(Cc3nn[nH]n3)cc2)c1. The normalized spacial score (nSPS) is 11.4. The predicted molar refractivity (Wildman–Crippen MR) is 90.2 cm³/mol. The fraction of sp³-hybridized carbons (Fsp3) is 0.188. The van der Waals surface area contributed by atoms with Crippen molar-refractivity contribution in [3.05, 3.63) is 65.0 Å². The summed E-state index contributed by atoms with van der Waals surface area (Å²) < 4.78 is 27.8. The van der Waals surface area contributed by atoms with Gasteiger partial charge in [0.25, 0.3) is 10.0 Å². The Hall–Kier alpha value is -2.74. The molecule has 0 saturated heterocycles. The van der Waals surface area contributed by atoms with Gasteiger partial charge in [0.1, 0.15) is 0 Å². The summed E-state index contributed by atoms with van der Waals surface area (Å²) >= 11 is 0. The zero-order chi connectivity index (χ0) is 17.2. The highest BCUT2D eigenvalue weighted by molar-refractivity contribution is 7.92. The van der Waals surface area contributed by atoms with Crippen LogP contribution in [0.1, 0.15) is 22.5 Å². The molecule has 0 aliphatic heterocycles. The minimum Gasteiger partial charge on any atom is -0.280 e. The molecule has 0 fully saturated rings. The van der Waals surface area contributed by atoms with E-state index in [0.29, 0.717) is 28.4 Å². The van der Waals surface area contributed by atoms with Crippen molar-refractivity contribution in [2.75, 3.05) is 4.72 Å². The number of aromatic amines is 1. The summed E-state index contributed by atoms with van der Waals surface area (Å²) in [7, 11) is -3.62. The van der Waals surface area contributed by atoms with E-state index in [4.69, 9.17) is 0 Å². The molecule has 0 spiro atoms. The van der Waals surface area contributed by atoms with Crippen LogP contribution in [0.3, 0.4) is 0 Å². The molecule has 24 heavy (non-hydrogen) atoms. The average Bonchev–Trinajstić information content (AvgIpc) is 3.04. The predicted octanol–water partition coefficient (Wildman–Crippen LogP) is 2.21. The van der Waals surface area contributed by atoms with Crippen LogP contribution in [0, 0.1) is 13.8 Å². The van der Waals surface area contributed by atoms with Gasteiger partial charge in [-0.3, -0.25) is 4.72 Å². The van der Waals surface area contributed by atoms with Crippen LogP contribution in [0.4, 0.5) is 5.69 Å². The number of rotatable bonds is 5. The third-order valence-corrected chi connectivity index (χ3v) is 5.11. The fourth-order valence-corrected chi connectivity index (χ4v) is 3.73. The molecular formula is C16H17N5O2S. The van der Waals surface area contributed by atoms with Crippen LogP contribution < -0.4 is 4.72 Å². The molecule has 0 aliphatic rings. The maximum atomic E-state index is 12.6. The number of hydrogen-bond donors (Lipinski definition) is 2. The maximum Gasteiger partial charge on any atom is 0.262 e. The van der Waals surface area contributed by atoms with Gasteiger partial charge in [0.15, 0.2) is 5.82 Å². The Morgan fingerprint density at radius 1 is 1.08 bits per heavy atom. The van der Waals surface area contributed by atoms with Gasteiger partial charge in [-0.1, -0.05) is 29.5 Å². The summed E-state index contributed by atoms with van der Waals surface area (Å²) in [5.74, 6) is 0.582. The average molecular weight is 343 g/mol. The molecule has 0 saturated carbocycles. The van der Waals surface area contributed by atoms with Gasteiger partial charge < -0.3 is 0 Å². The molecule has 2 aromatic carbocycles. The van der Waals surface area contributed by atoms with Gasteiger partial charge in [-0.05, 0) is 48.7 Å². The zero-order valence-corrected chi connectivity index (χ0v) is 14.1. The third-order valence-electron chi connectivity index (χ3n) is 3.59. The van der Waals surface area contributed by atoms with E-state index in [0.717, 1.165) is 11.1 Å². The second-order valence-corrected chi connectivity index (χ2v) is 7.23. The van der Waals surface area contributed by atoms with Gasteiger partial charge in [-0.25, -0.2) is 8.42 Å². The molecule has 0 unspecified atom stereocenters. The molecule has 3 aromatic rings. The lowest BCUT2D eigenvalue weighted by Gasteiger charge is -2.11. The summed E-state index contributed by atoms with van der Waals surface area (Å²) in [5.41, 5.74) is 3.08. The molecule has 124 valence electrons. The topological polar surface area (TPSA) is 101 Å². The molecule has 1 heterocycles. The number of hydrogen-bond acceptors (Lipinski definition) is 5. The van der Waals surface area contributed by atoms with E-state index in [1.54, 1.807) is 31.2 Å². The lowest BCUT2D eigenvalue weighted by Crippen LogP contribution is -2.14. The van der Waals surface area contributed by atoms with Crippen molar-refractivity contribution in [1.82, 2.24) is 20.6 Å². The molecule has 8 heteroatoms. The Morgan fingerprint density at radius 3 is 2.50 bits per heavy atom. The molecule has 0 radical (unpaired) electrons. The van der Waals surface area contributed by atoms with Crippen LogP contribution in [-0.4, -0.2) is 29.0 Å². The van der Waals surface area contributed by atoms with E-state index in [-0.39, 0.29) is 0 Å². The molecule has 0 amide bonds. The second-order valence-electron chi connectivity index (χ2n) is 5.58. The van der Waals surface area contributed by atoms with Crippen molar-refractivity contribution < 1.29 is 8.42 Å². The summed E-state index contributed by atoms with van der Waals surface area (Å²) in [6.45, 7) is 3.65. The van der Waals surface area contributed by atoms with E-state index in [2.05, 4.69) is 25.3 Å². The van der Waals surface area contributed by atoms with Gasteiger partial charge in [-0.15, -0.1) is 10.2 Å². The summed E-state index contributed by atoms with van der Waals surface area (Å²) in [6, 6.07) is 12.5. The number of tetrazole rings is 1. The van der Waals surface area contributed by atoms with Gasteiger partial charge in [0.05, 0.1) is 4.90 Å². The Kier molecular flexibility index (Phi) is 4.30. The fourth-order valence-electron chi connectivity index (χ4n) is 2.34. The highest BCUT2D eigenvalue weighted by atomic mass is 32.2. The van der Waals surface area contributed by atoms with Crippen LogP contribution in [-0.2, 0) is 16.4 Å². The number of anilines is 1. The molecular weight excluding hydrogens is 326 g/mol. The Labute approximate surface area is 140 Å². The molecule has 0 aliphatic carbocycles. The smallest absolute Gasteiger partial charge is 0.262 e. The molecule has 1 aromatic heterocycles. The number of aromatic nitrogens is 4. The largest absolute Gasteiger partial charge is 0.280 e. The van der Waals surface area contributed by atoms with E-state index in [1.165, 1.54) is 0 Å². The standard InChI is InChI=1S/C16H17N5O2S/c1-11-3-4-12(2)15(9-11)24(22,23)19-14-7-5-13(6-8-14)10-16-17-20-21-18-16/h3-9,19H,10H2,1-2H3,(H,17,18,20,21). The van der Waals surface area contributed by atoms with Crippen molar-refractivity contribution in [3.8, 4) is 0 Å². The number of nitrogens with zero attached hydrogens (tertiary/aromatic N) is 3. The van der Waals surface area contributed by atoms with Crippen LogP contribution in [0.2, 0.25) is 0 Å². The van der Waals surface area contributed by atoms with Crippen molar-refractivity contribution in [3.63, 3.8) is 0 Å². The van der Waals surface area contributed by atoms with Gasteiger partial charge >= 0.3 is 0 Å². The maximum absolute atomic E-state index is 12.6. The van der Waals surface area contributed by atoms with Crippen molar-refractivity contribution in [2.24, 2.45) is 0 Å². The second kappa shape index (κ2) is 6.40. The van der Waals surface area contributed by atoms with E-state index in [1.807, 2.05) is 25.1 Å². The van der Waals surface area contributed by atoms with Crippen LogP contribution in [0.15, 0.2) is 47.4 Å². The van der Waals surface area contributed by atoms with Crippen LogP contribution in [0.25, 0.3) is 0 Å². The van der Waals surface area contributed by atoms with E-state index >= 15 is 0 Å². The third kappa shape index (κ3) is 3.60. The first-order valence-corrected chi connectivity index (χ1v) is 8.84. The number of nitrogens with one attached hydrogen (secondary N) is 2. The van der Waals surface area contributed by atoms with E-state index in [9.17, 15) is 8.42 Å². The quantitative estimate of drug-likeness (QED) is 0.740. The lowest BCUT2D eigenvalue weighted by molar-refractivity contribution is 0.600. The lowest BCUT2D eigenvalue weighted by atomic mass is 10.1. The number of sulfonamides is 1. The highest BCUT2D eigenvalue weighted by Gasteiger charge is 2.17. The minimum absolute atomic E-state index is 0.290. The van der Waals surface area contributed by atoms with Gasteiger partial charge in [0, 0.05) is 12.1 Å². The Balaban J connectivity index is 1.79. The minimum atomic E-state index is -3.62. The van der Waals surface area contributed by atoms with Crippen molar-refractivity contribution in [1.29, 1.82) is 0 Å². The van der Waals surface area contributed by atoms with Gasteiger partial charge in [-0.2, -0.15) is 5.21 Å². The number of H-pyrrole nitrogens is 1. The zero-order valence-electron chi connectivity index (χ0n) is 13.3. The van der Waals surface area contributed by atoms with Crippen LogP contribution >= 0.6 is 0 Å². The number of aryl methyl sites for hydroxylation is 2. The monoisotopic (exact) mass is 343 g/mol. The molecule has 2 N–H and O–H groups in total. The van der Waals surface area contributed by atoms with Crippen molar-refractivity contribution in [2.45, 2.75) is 25.2 Å². The molecule has 0 atom stereocenters. The first-order valence-electron chi connectivity index (χ1n) is 7.35. The molecule has 0 bridgehead atoms. The first kappa shape index (κ1) is 16.1. The first-order chi connectivity index (χ1) is 11.4. The number of benzene rings is 2. The summed E-state index contributed by atoms with van der Waals surface area (Å²) in [4.78, 5) is 0.290. The highest BCUT2D eigenvalue weighted by Crippen LogP contribution is 2.21. The molecule has 3 rings (SSSR count).